The minimum atomic E-state index is -0.0333. The lowest BCUT2D eigenvalue weighted by molar-refractivity contribution is -0.117. The van der Waals surface area contributed by atoms with E-state index < -0.39 is 0 Å². The Bertz CT molecular complexity index is 807. The summed E-state index contributed by atoms with van der Waals surface area (Å²) >= 11 is 3.33. The maximum Gasteiger partial charge on any atom is 0.239 e. The molecule has 0 aliphatic carbocycles. The number of pyridine rings is 1. The van der Waals surface area contributed by atoms with Crippen LogP contribution in [0.5, 0.6) is 11.5 Å². The van der Waals surface area contributed by atoms with Gasteiger partial charge < -0.3 is 14.8 Å². The number of nitrogens with zero attached hydrogens (tertiary/aromatic N) is 3. The second kappa shape index (κ2) is 8.24. The van der Waals surface area contributed by atoms with E-state index in [4.69, 9.17) is 9.47 Å². The normalized spacial score (nSPS) is 17.1. The Balaban J connectivity index is 1.23. The Morgan fingerprint density at radius 3 is 2.63 bits per heavy atom. The molecule has 0 bridgehead atoms. The summed E-state index contributed by atoms with van der Waals surface area (Å²) in [6, 6.07) is 9.74. The number of carbonyl (C=O) groups excluding carboxylic acids is 1. The third kappa shape index (κ3) is 4.77. The largest absolute Gasteiger partial charge is 0.454 e. The number of benzene rings is 1. The fourth-order valence-corrected chi connectivity index (χ4v) is 3.47. The number of ether oxygens (including phenoxy) is 2. The van der Waals surface area contributed by atoms with E-state index in [2.05, 4.69) is 42.1 Å². The van der Waals surface area contributed by atoms with Crippen molar-refractivity contribution in [3.05, 3.63) is 46.6 Å². The molecule has 2 aromatic rings. The first-order chi connectivity index (χ1) is 13.2. The van der Waals surface area contributed by atoms with Gasteiger partial charge in [-0.2, -0.15) is 0 Å². The molecular formula is C19H21BrN4O3. The average molecular weight is 433 g/mol. The molecule has 0 unspecified atom stereocenters. The van der Waals surface area contributed by atoms with Crippen LogP contribution in [-0.2, 0) is 11.3 Å². The molecule has 0 spiro atoms. The van der Waals surface area contributed by atoms with Crippen LogP contribution in [0.25, 0.3) is 0 Å². The Kier molecular flexibility index (Phi) is 5.56. The van der Waals surface area contributed by atoms with Crippen molar-refractivity contribution in [3.8, 4) is 11.5 Å². The molecule has 1 saturated heterocycles. The van der Waals surface area contributed by atoms with Crippen LogP contribution < -0.4 is 14.8 Å². The maximum absolute atomic E-state index is 12.2. The molecule has 142 valence electrons. The Labute approximate surface area is 166 Å². The van der Waals surface area contributed by atoms with E-state index in [1.54, 1.807) is 12.3 Å². The molecule has 0 atom stereocenters. The quantitative estimate of drug-likeness (QED) is 0.781. The molecule has 1 aromatic heterocycles. The van der Waals surface area contributed by atoms with Crippen LogP contribution >= 0.6 is 15.9 Å². The van der Waals surface area contributed by atoms with Crippen LogP contribution in [0.3, 0.4) is 0 Å². The minimum absolute atomic E-state index is 0.0333. The fourth-order valence-electron chi connectivity index (χ4n) is 3.24. The molecule has 2 aliphatic rings. The maximum atomic E-state index is 12.2. The lowest BCUT2D eigenvalue weighted by atomic mass is 10.1. The SMILES string of the molecule is O=C(CN1CCN(Cc2ccc3c(c2)OCO3)CC1)Nc1ccc(Br)cn1. The molecule has 1 fully saturated rings. The topological polar surface area (TPSA) is 66.9 Å². The zero-order chi connectivity index (χ0) is 18.6. The van der Waals surface area contributed by atoms with Gasteiger partial charge in [-0.05, 0) is 45.8 Å². The zero-order valence-corrected chi connectivity index (χ0v) is 16.4. The molecule has 1 aromatic carbocycles. The van der Waals surface area contributed by atoms with E-state index in [-0.39, 0.29) is 5.91 Å². The van der Waals surface area contributed by atoms with Crippen LogP contribution in [0.1, 0.15) is 5.56 Å². The number of piperazine rings is 1. The van der Waals surface area contributed by atoms with E-state index in [0.29, 0.717) is 19.2 Å². The molecule has 3 heterocycles. The summed E-state index contributed by atoms with van der Waals surface area (Å²) in [5, 5.41) is 2.84. The molecule has 2 aliphatic heterocycles. The van der Waals surface area contributed by atoms with Gasteiger partial charge in [0.15, 0.2) is 11.5 Å². The number of aromatic nitrogens is 1. The molecule has 0 saturated carbocycles. The molecule has 4 rings (SSSR count). The fraction of sp³-hybridized carbons (Fsp3) is 0.368. The van der Waals surface area contributed by atoms with Crippen molar-refractivity contribution in [2.75, 3.05) is 44.8 Å². The van der Waals surface area contributed by atoms with Crippen LogP contribution in [0, 0.1) is 0 Å². The predicted octanol–water partition coefficient (Wildman–Crippen LogP) is 2.33. The number of fused-ring (bicyclic) bond motifs is 1. The van der Waals surface area contributed by atoms with E-state index in [1.807, 2.05) is 18.2 Å². The van der Waals surface area contributed by atoms with Gasteiger partial charge in [-0.1, -0.05) is 6.07 Å². The third-order valence-electron chi connectivity index (χ3n) is 4.67. The van der Waals surface area contributed by atoms with Gasteiger partial charge in [-0.25, -0.2) is 4.98 Å². The summed E-state index contributed by atoms with van der Waals surface area (Å²) in [4.78, 5) is 20.9. The first-order valence-corrected chi connectivity index (χ1v) is 9.70. The molecule has 1 amide bonds. The van der Waals surface area contributed by atoms with Crippen LogP contribution in [-0.4, -0.2) is 60.2 Å². The molecule has 8 heteroatoms. The summed E-state index contributed by atoms with van der Waals surface area (Å²) in [6.45, 7) is 5.15. The van der Waals surface area contributed by atoms with Gasteiger partial charge in [-0.3, -0.25) is 14.6 Å². The average Bonchev–Trinajstić information content (AvgIpc) is 3.13. The number of amides is 1. The van der Waals surface area contributed by atoms with E-state index in [0.717, 1.165) is 48.7 Å². The number of carbonyl (C=O) groups is 1. The van der Waals surface area contributed by atoms with E-state index in [1.165, 1.54) is 5.56 Å². The number of hydrogen-bond donors (Lipinski definition) is 1. The highest BCUT2D eigenvalue weighted by atomic mass is 79.9. The van der Waals surface area contributed by atoms with E-state index >= 15 is 0 Å². The second-order valence-corrected chi connectivity index (χ2v) is 7.57. The van der Waals surface area contributed by atoms with Crippen molar-refractivity contribution in [2.45, 2.75) is 6.54 Å². The van der Waals surface area contributed by atoms with Gasteiger partial charge in [-0.15, -0.1) is 0 Å². The van der Waals surface area contributed by atoms with Crippen molar-refractivity contribution in [2.24, 2.45) is 0 Å². The summed E-state index contributed by atoms with van der Waals surface area (Å²) in [6.07, 6.45) is 1.67. The first kappa shape index (κ1) is 18.2. The first-order valence-electron chi connectivity index (χ1n) is 8.90. The molecular weight excluding hydrogens is 412 g/mol. The number of nitrogens with one attached hydrogen (secondary N) is 1. The smallest absolute Gasteiger partial charge is 0.239 e. The zero-order valence-electron chi connectivity index (χ0n) is 14.9. The Morgan fingerprint density at radius 1 is 1.07 bits per heavy atom. The van der Waals surface area contributed by atoms with Gasteiger partial charge in [0, 0.05) is 43.4 Å². The Hall–Kier alpha value is -2.16. The van der Waals surface area contributed by atoms with Crippen molar-refractivity contribution >= 4 is 27.7 Å². The van der Waals surface area contributed by atoms with Crippen LogP contribution in [0.15, 0.2) is 41.0 Å². The van der Waals surface area contributed by atoms with Gasteiger partial charge in [0.2, 0.25) is 12.7 Å². The highest BCUT2D eigenvalue weighted by Gasteiger charge is 2.20. The van der Waals surface area contributed by atoms with Crippen molar-refractivity contribution in [3.63, 3.8) is 0 Å². The van der Waals surface area contributed by atoms with Gasteiger partial charge in [0.05, 0.1) is 6.54 Å². The monoisotopic (exact) mass is 432 g/mol. The van der Waals surface area contributed by atoms with Crippen LogP contribution in [0.4, 0.5) is 5.82 Å². The van der Waals surface area contributed by atoms with Crippen molar-refractivity contribution in [1.29, 1.82) is 0 Å². The third-order valence-corrected chi connectivity index (χ3v) is 5.14. The van der Waals surface area contributed by atoms with Gasteiger partial charge in [0.25, 0.3) is 0 Å². The van der Waals surface area contributed by atoms with E-state index in [9.17, 15) is 4.79 Å². The summed E-state index contributed by atoms with van der Waals surface area (Å²) in [5.74, 6) is 2.18. The highest BCUT2D eigenvalue weighted by molar-refractivity contribution is 9.10. The summed E-state index contributed by atoms with van der Waals surface area (Å²) in [5.41, 5.74) is 1.21. The van der Waals surface area contributed by atoms with Crippen LogP contribution in [0.2, 0.25) is 0 Å². The lowest BCUT2D eigenvalue weighted by Gasteiger charge is -2.34. The molecule has 0 radical (unpaired) electrons. The number of anilines is 1. The summed E-state index contributed by atoms with van der Waals surface area (Å²) in [7, 11) is 0. The number of hydrogen-bond acceptors (Lipinski definition) is 6. The number of rotatable bonds is 5. The minimum Gasteiger partial charge on any atom is -0.454 e. The highest BCUT2D eigenvalue weighted by Crippen LogP contribution is 2.32. The predicted molar refractivity (Wildman–Crippen MR) is 105 cm³/mol. The molecule has 7 nitrogen and oxygen atoms in total. The van der Waals surface area contributed by atoms with Crippen molar-refractivity contribution < 1.29 is 14.3 Å². The Morgan fingerprint density at radius 2 is 1.85 bits per heavy atom. The van der Waals surface area contributed by atoms with Crippen molar-refractivity contribution in [1.82, 2.24) is 14.8 Å². The second-order valence-electron chi connectivity index (χ2n) is 6.65. The molecule has 1 N–H and O–H groups in total. The van der Waals surface area contributed by atoms with Gasteiger partial charge in [0.1, 0.15) is 5.82 Å². The summed E-state index contributed by atoms with van der Waals surface area (Å²) < 4.78 is 11.7. The van der Waals surface area contributed by atoms with Gasteiger partial charge >= 0.3 is 0 Å². The molecule has 27 heavy (non-hydrogen) atoms. The standard InChI is InChI=1S/C19H21BrN4O3/c20-15-2-4-18(21-10-15)22-19(25)12-24-7-5-23(6-8-24)11-14-1-3-16-17(9-14)27-13-26-16/h1-4,9-10H,5-8,11-13H2,(H,21,22,25). The lowest BCUT2D eigenvalue weighted by Crippen LogP contribution is -2.48. The number of halogens is 1.